The molecule has 0 radical (unpaired) electrons. The van der Waals surface area contributed by atoms with Crippen LogP contribution in [0.1, 0.15) is 36.5 Å². The van der Waals surface area contributed by atoms with E-state index in [1.807, 2.05) is 0 Å². The SMILES string of the molecule is C=C(C)C(C)c1ccc(C#N)c(C(F)(F)F)c1. The highest BCUT2D eigenvalue weighted by atomic mass is 19.4. The van der Waals surface area contributed by atoms with Crippen LogP contribution in [0.25, 0.3) is 0 Å². The molecule has 1 nitrogen and oxygen atoms in total. The Bertz CT molecular complexity index is 480. The Hall–Kier alpha value is -1.76. The minimum Gasteiger partial charge on any atom is -0.192 e. The fraction of sp³-hybridized carbons (Fsp3) is 0.308. The Labute approximate surface area is 98.2 Å². The lowest BCUT2D eigenvalue weighted by atomic mass is 9.92. The second-order valence-electron chi connectivity index (χ2n) is 3.98. The van der Waals surface area contributed by atoms with E-state index in [1.165, 1.54) is 12.1 Å². The Morgan fingerprint density at radius 1 is 1.41 bits per heavy atom. The first-order valence-electron chi connectivity index (χ1n) is 5.04. The number of halogens is 3. The lowest BCUT2D eigenvalue weighted by Crippen LogP contribution is -2.09. The van der Waals surface area contributed by atoms with Crippen LogP contribution in [0.4, 0.5) is 13.2 Å². The number of nitrogens with zero attached hydrogens (tertiary/aromatic N) is 1. The summed E-state index contributed by atoms with van der Waals surface area (Å²) in [4.78, 5) is 0. The van der Waals surface area contributed by atoms with Crippen molar-refractivity contribution in [3.8, 4) is 6.07 Å². The predicted molar refractivity (Wildman–Crippen MR) is 59.4 cm³/mol. The molecule has 17 heavy (non-hydrogen) atoms. The highest BCUT2D eigenvalue weighted by Crippen LogP contribution is 2.34. The van der Waals surface area contributed by atoms with Crippen molar-refractivity contribution in [1.82, 2.24) is 0 Å². The molecule has 0 amide bonds. The Morgan fingerprint density at radius 2 is 2.00 bits per heavy atom. The Kier molecular flexibility index (Phi) is 3.62. The third kappa shape index (κ3) is 2.88. The molecular weight excluding hydrogens is 227 g/mol. The Balaban J connectivity index is 3.34. The van der Waals surface area contributed by atoms with Crippen LogP contribution in [0.2, 0.25) is 0 Å². The van der Waals surface area contributed by atoms with Gasteiger partial charge in [0, 0.05) is 5.92 Å². The van der Waals surface area contributed by atoms with Gasteiger partial charge in [-0.15, -0.1) is 0 Å². The van der Waals surface area contributed by atoms with Gasteiger partial charge >= 0.3 is 6.18 Å². The fourth-order valence-electron chi connectivity index (χ4n) is 1.45. The number of hydrogen-bond donors (Lipinski definition) is 0. The first-order valence-corrected chi connectivity index (χ1v) is 5.04. The standard InChI is InChI=1S/C13H12F3N/c1-8(2)9(3)10-4-5-11(7-17)12(6-10)13(14,15)16/h4-6,9H,1H2,2-3H3. The van der Waals surface area contributed by atoms with Crippen molar-refractivity contribution in [3.63, 3.8) is 0 Å². The summed E-state index contributed by atoms with van der Waals surface area (Å²) in [6.45, 7) is 7.26. The summed E-state index contributed by atoms with van der Waals surface area (Å²) in [5, 5.41) is 8.65. The largest absolute Gasteiger partial charge is 0.417 e. The lowest BCUT2D eigenvalue weighted by Gasteiger charge is -2.15. The normalized spacial score (nSPS) is 12.9. The third-order valence-corrected chi connectivity index (χ3v) is 2.71. The number of rotatable bonds is 2. The van der Waals surface area contributed by atoms with Gasteiger partial charge in [-0.05, 0) is 24.6 Å². The van der Waals surface area contributed by atoms with E-state index in [0.29, 0.717) is 5.56 Å². The first-order chi connectivity index (χ1) is 7.77. The van der Waals surface area contributed by atoms with E-state index in [1.54, 1.807) is 19.9 Å². The molecule has 1 rings (SSSR count). The molecule has 0 aromatic heterocycles. The minimum absolute atomic E-state index is 0.163. The molecule has 0 spiro atoms. The zero-order chi connectivity index (χ0) is 13.2. The molecule has 4 heteroatoms. The summed E-state index contributed by atoms with van der Waals surface area (Å²) in [5.74, 6) is -0.163. The quantitative estimate of drug-likeness (QED) is 0.707. The molecular formula is C13H12F3N. The molecule has 1 atom stereocenters. The van der Waals surface area contributed by atoms with Crippen molar-refractivity contribution < 1.29 is 13.2 Å². The summed E-state index contributed by atoms with van der Waals surface area (Å²) in [6, 6.07) is 5.32. The molecule has 1 unspecified atom stereocenters. The van der Waals surface area contributed by atoms with Crippen LogP contribution in [0, 0.1) is 11.3 Å². The van der Waals surface area contributed by atoms with Crippen LogP contribution >= 0.6 is 0 Å². The summed E-state index contributed by atoms with van der Waals surface area (Å²) >= 11 is 0. The molecule has 1 aromatic carbocycles. The van der Waals surface area contributed by atoms with Gasteiger partial charge in [-0.25, -0.2) is 0 Å². The average Bonchev–Trinajstić information content (AvgIpc) is 2.25. The van der Waals surface area contributed by atoms with Gasteiger partial charge < -0.3 is 0 Å². The summed E-state index contributed by atoms with van der Waals surface area (Å²) in [7, 11) is 0. The van der Waals surface area contributed by atoms with E-state index in [9.17, 15) is 13.2 Å². The average molecular weight is 239 g/mol. The molecule has 0 heterocycles. The van der Waals surface area contributed by atoms with Crippen LogP contribution in [0.15, 0.2) is 30.4 Å². The summed E-state index contributed by atoms with van der Waals surface area (Å²) in [6.07, 6.45) is -4.50. The molecule has 0 saturated heterocycles. The lowest BCUT2D eigenvalue weighted by molar-refractivity contribution is -0.137. The second kappa shape index (κ2) is 4.62. The van der Waals surface area contributed by atoms with Gasteiger partial charge in [-0.1, -0.05) is 25.1 Å². The van der Waals surface area contributed by atoms with E-state index >= 15 is 0 Å². The van der Waals surface area contributed by atoms with Crippen molar-refractivity contribution in [2.45, 2.75) is 25.9 Å². The topological polar surface area (TPSA) is 23.8 Å². The smallest absolute Gasteiger partial charge is 0.192 e. The molecule has 1 aromatic rings. The maximum Gasteiger partial charge on any atom is 0.417 e. The monoisotopic (exact) mass is 239 g/mol. The number of hydrogen-bond acceptors (Lipinski definition) is 1. The van der Waals surface area contributed by atoms with Crippen LogP contribution in [0.3, 0.4) is 0 Å². The molecule has 0 aliphatic carbocycles. The van der Waals surface area contributed by atoms with Crippen molar-refractivity contribution >= 4 is 0 Å². The highest BCUT2D eigenvalue weighted by molar-refractivity contribution is 5.44. The van der Waals surface area contributed by atoms with Gasteiger partial charge in [0.25, 0.3) is 0 Å². The van der Waals surface area contributed by atoms with E-state index in [0.717, 1.165) is 11.6 Å². The van der Waals surface area contributed by atoms with Gasteiger partial charge in [-0.2, -0.15) is 18.4 Å². The maximum atomic E-state index is 12.7. The predicted octanol–water partition coefficient (Wildman–Crippen LogP) is 4.26. The number of alkyl halides is 3. The first kappa shape index (κ1) is 13.3. The molecule has 0 aliphatic heterocycles. The van der Waals surface area contributed by atoms with Crippen molar-refractivity contribution in [2.75, 3.05) is 0 Å². The van der Waals surface area contributed by atoms with Gasteiger partial charge in [0.2, 0.25) is 0 Å². The molecule has 0 fully saturated rings. The molecule has 0 aliphatic rings. The summed E-state index contributed by atoms with van der Waals surface area (Å²) < 4.78 is 38.1. The molecule has 0 N–H and O–H groups in total. The Morgan fingerprint density at radius 3 is 2.41 bits per heavy atom. The number of nitriles is 1. The van der Waals surface area contributed by atoms with Crippen molar-refractivity contribution in [3.05, 3.63) is 47.0 Å². The third-order valence-electron chi connectivity index (χ3n) is 2.71. The van der Waals surface area contributed by atoms with E-state index < -0.39 is 11.7 Å². The van der Waals surface area contributed by atoms with Crippen LogP contribution in [-0.4, -0.2) is 0 Å². The van der Waals surface area contributed by atoms with E-state index in [2.05, 4.69) is 6.58 Å². The van der Waals surface area contributed by atoms with Gasteiger partial charge in [-0.3, -0.25) is 0 Å². The zero-order valence-corrected chi connectivity index (χ0v) is 9.60. The van der Waals surface area contributed by atoms with Crippen LogP contribution in [0.5, 0.6) is 0 Å². The molecule has 0 bridgehead atoms. The van der Waals surface area contributed by atoms with Gasteiger partial charge in [0.1, 0.15) is 0 Å². The minimum atomic E-state index is -4.50. The van der Waals surface area contributed by atoms with Crippen LogP contribution < -0.4 is 0 Å². The van der Waals surface area contributed by atoms with Crippen molar-refractivity contribution in [1.29, 1.82) is 5.26 Å². The van der Waals surface area contributed by atoms with Crippen LogP contribution in [-0.2, 0) is 6.18 Å². The van der Waals surface area contributed by atoms with E-state index in [4.69, 9.17) is 5.26 Å². The van der Waals surface area contributed by atoms with Gasteiger partial charge in [0.05, 0.1) is 17.2 Å². The highest BCUT2D eigenvalue weighted by Gasteiger charge is 2.34. The zero-order valence-electron chi connectivity index (χ0n) is 9.60. The fourth-order valence-corrected chi connectivity index (χ4v) is 1.45. The summed E-state index contributed by atoms with van der Waals surface area (Å²) in [5.41, 5.74) is 0.0624. The van der Waals surface area contributed by atoms with Gasteiger partial charge in [0.15, 0.2) is 0 Å². The molecule has 90 valence electrons. The van der Waals surface area contributed by atoms with Crippen molar-refractivity contribution in [2.24, 2.45) is 0 Å². The maximum absolute atomic E-state index is 12.7. The number of allylic oxidation sites excluding steroid dienone is 1. The second-order valence-corrected chi connectivity index (χ2v) is 3.98. The van der Waals surface area contributed by atoms with E-state index in [-0.39, 0.29) is 11.5 Å². The molecule has 0 saturated carbocycles. The number of benzene rings is 1.